The van der Waals surface area contributed by atoms with Crippen molar-refractivity contribution in [2.75, 3.05) is 13.7 Å². The standard InChI is InChI=1S/C20H22N2O2/c1-14(20(23)24-2)21-12-17(15-8-4-3-5-9-15)18-13-22-19-11-7-6-10-16(18)19/h3-11,13-14,17,21-22H,12H2,1-2H3/t14-,17-/m0/s1. The highest BCUT2D eigenvalue weighted by molar-refractivity contribution is 5.84. The van der Waals surface area contributed by atoms with Gasteiger partial charge in [-0.05, 0) is 24.1 Å². The Balaban J connectivity index is 1.92. The van der Waals surface area contributed by atoms with Gasteiger partial charge in [0.2, 0.25) is 0 Å². The van der Waals surface area contributed by atoms with E-state index in [0.29, 0.717) is 6.54 Å². The zero-order valence-corrected chi connectivity index (χ0v) is 14.0. The maximum Gasteiger partial charge on any atom is 0.322 e. The quantitative estimate of drug-likeness (QED) is 0.684. The molecule has 0 fully saturated rings. The van der Waals surface area contributed by atoms with Crippen LogP contribution in [-0.4, -0.2) is 30.6 Å². The predicted octanol–water partition coefficient (Wildman–Crippen LogP) is 3.45. The number of aromatic nitrogens is 1. The molecule has 0 spiro atoms. The Kier molecular flexibility index (Phi) is 4.96. The molecule has 124 valence electrons. The summed E-state index contributed by atoms with van der Waals surface area (Å²) in [6.07, 6.45) is 2.06. The third kappa shape index (κ3) is 3.34. The van der Waals surface area contributed by atoms with Crippen LogP contribution in [0.5, 0.6) is 0 Å². The van der Waals surface area contributed by atoms with Crippen molar-refractivity contribution in [3.8, 4) is 0 Å². The molecule has 1 heterocycles. The van der Waals surface area contributed by atoms with Gasteiger partial charge in [0.25, 0.3) is 0 Å². The molecule has 2 aromatic carbocycles. The van der Waals surface area contributed by atoms with Crippen molar-refractivity contribution in [3.63, 3.8) is 0 Å². The normalized spacial score (nSPS) is 13.6. The molecule has 4 nitrogen and oxygen atoms in total. The highest BCUT2D eigenvalue weighted by Crippen LogP contribution is 2.30. The van der Waals surface area contributed by atoms with Crippen LogP contribution in [-0.2, 0) is 9.53 Å². The number of nitrogens with one attached hydrogen (secondary N) is 2. The molecule has 0 bridgehead atoms. The molecule has 1 aromatic heterocycles. The lowest BCUT2D eigenvalue weighted by molar-refractivity contribution is -0.142. The number of ether oxygens (including phenoxy) is 1. The second-order valence-corrected chi connectivity index (χ2v) is 5.91. The second-order valence-electron chi connectivity index (χ2n) is 5.91. The molecule has 3 aromatic rings. The van der Waals surface area contributed by atoms with Crippen LogP contribution in [0.15, 0.2) is 60.8 Å². The minimum atomic E-state index is -0.341. The average Bonchev–Trinajstić information content (AvgIpc) is 3.06. The first-order valence-electron chi connectivity index (χ1n) is 8.13. The van der Waals surface area contributed by atoms with Crippen molar-refractivity contribution in [3.05, 3.63) is 71.9 Å². The van der Waals surface area contributed by atoms with Crippen molar-refractivity contribution in [2.24, 2.45) is 0 Å². The summed E-state index contributed by atoms with van der Waals surface area (Å²) in [7, 11) is 1.41. The molecule has 24 heavy (non-hydrogen) atoms. The molecule has 0 saturated carbocycles. The Morgan fingerprint density at radius 1 is 1.12 bits per heavy atom. The molecule has 0 radical (unpaired) electrons. The Hall–Kier alpha value is -2.59. The molecule has 0 aliphatic heterocycles. The van der Waals surface area contributed by atoms with Crippen molar-refractivity contribution < 1.29 is 9.53 Å². The first kappa shape index (κ1) is 16.3. The number of benzene rings is 2. The summed E-state index contributed by atoms with van der Waals surface area (Å²) in [6, 6.07) is 18.3. The third-order valence-corrected chi connectivity index (χ3v) is 4.38. The maximum absolute atomic E-state index is 11.7. The molecule has 0 aliphatic carbocycles. The highest BCUT2D eigenvalue weighted by Gasteiger charge is 2.20. The minimum Gasteiger partial charge on any atom is -0.468 e. The number of hydrogen-bond donors (Lipinski definition) is 2. The number of carbonyl (C=O) groups excluding carboxylic acids is 1. The largest absolute Gasteiger partial charge is 0.468 e. The van der Waals surface area contributed by atoms with E-state index in [-0.39, 0.29) is 17.9 Å². The van der Waals surface area contributed by atoms with Gasteiger partial charge < -0.3 is 15.0 Å². The van der Waals surface area contributed by atoms with Gasteiger partial charge in [-0.3, -0.25) is 4.79 Å². The van der Waals surface area contributed by atoms with Crippen LogP contribution in [0.2, 0.25) is 0 Å². The first-order chi connectivity index (χ1) is 11.7. The number of aromatic amines is 1. The van der Waals surface area contributed by atoms with Crippen LogP contribution in [0, 0.1) is 0 Å². The van der Waals surface area contributed by atoms with E-state index >= 15 is 0 Å². The van der Waals surface area contributed by atoms with Crippen LogP contribution in [0.4, 0.5) is 0 Å². The molecule has 0 amide bonds. The molecule has 0 aliphatic rings. The molecule has 0 saturated heterocycles. The summed E-state index contributed by atoms with van der Waals surface area (Å²) in [5.74, 6) is -0.102. The fraction of sp³-hybridized carbons (Fsp3) is 0.250. The zero-order chi connectivity index (χ0) is 16.9. The number of rotatable bonds is 6. The lowest BCUT2D eigenvalue weighted by Gasteiger charge is -2.20. The summed E-state index contributed by atoms with van der Waals surface area (Å²) in [5.41, 5.74) is 3.56. The zero-order valence-electron chi connectivity index (χ0n) is 14.0. The summed E-state index contributed by atoms with van der Waals surface area (Å²) < 4.78 is 4.80. The predicted molar refractivity (Wildman–Crippen MR) is 96.1 cm³/mol. The monoisotopic (exact) mass is 322 g/mol. The molecule has 0 unspecified atom stereocenters. The van der Waals surface area contributed by atoms with E-state index in [1.165, 1.54) is 23.6 Å². The van der Waals surface area contributed by atoms with Gasteiger partial charge in [0.05, 0.1) is 7.11 Å². The van der Waals surface area contributed by atoms with Gasteiger partial charge in [0.15, 0.2) is 0 Å². The minimum absolute atomic E-state index is 0.148. The summed E-state index contributed by atoms with van der Waals surface area (Å²) >= 11 is 0. The van der Waals surface area contributed by atoms with E-state index in [4.69, 9.17) is 4.74 Å². The fourth-order valence-electron chi connectivity index (χ4n) is 3.03. The van der Waals surface area contributed by atoms with Gasteiger partial charge in [-0.1, -0.05) is 48.5 Å². The van der Waals surface area contributed by atoms with Gasteiger partial charge in [0.1, 0.15) is 6.04 Å². The van der Waals surface area contributed by atoms with E-state index in [9.17, 15) is 4.79 Å². The van der Waals surface area contributed by atoms with E-state index in [1.807, 2.05) is 37.3 Å². The molecular formula is C20H22N2O2. The Labute approximate surface area is 141 Å². The number of fused-ring (bicyclic) bond motifs is 1. The summed E-state index contributed by atoms with van der Waals surface area (Å²) in [6.45, 7) is 2.48. The van der Waals surface area contributed by atoms with E-state index < -0.39 is 0 Å². The van der Waals surface area contributed by atoms with Gasteiger partial charge in [-0.15, -0.1) is 0 Å². The lowest BCUT2D eigenvalue weighted by Crippen LogP contribution is -2.37. The molecular weight excluding hydrogens is 300 g/mol. The van der Waals surface area contributed by atoms with Crippen LogP contribution in [0.3, 0.4) is 0 Å². The molecule has 2 N–H and O–H groups in total. The highest BCUT2D eigenvalue weighted by atomic mass is 16.5. The van der Waals surface area contributed by atoms with Gasteiger partial charge >= 0.3 is 5.97 Å². The van der Waals surface area contributed by atoms with Gasteiger partial charge in [-0.2, -0.15) is 0 Å². The smallest absolute Gasteiger partial charge is 0.322 e. The number of hydrogen-bond acceptors (Lipinski definition) is 3. The Morgan fingerprint density at radius 3 is 2.58 bits per heavy atom. The first-order valence-corrected chi connectivity index (χ1v) is 8.13. The number of esters is 1. The summed E-state index contributed by atoms with van der Waals surface area (Å²) in [5, 5.41) is 4.50. The Morgan fingerprint density at radius 2 is 1.83 bits per heavy atom. The second kappa shape index (κ2) is 7.32. The van der Waals surface area contributed by atoms with E-state index in [2.05, 4.69) is 40.8 Å². The van der Waals surface area contributed by atoms with Crippen molar-refractivity contribution >= 4 is 16.9 Å². The van der Waals surface area contributed by atoms with Gasteiger partial charge in [0, 0.05) is 29.6 Å². The molecule has 4 heteroatoms. The van der Waals surface area contributed by atoms with Crippen LogP contribution >= 0.6 is 0 Å². The van der Waals surface area contributed by atoms with Crippen molar-refractivity contribution in [1.29, 1.82) is 0 Å². The van der Waals surface area contributed by atoms with Crippen molar-refractivity contribution in [2.45, 2.75) is 18.9 Å². The number of methoxy groups -OCH3 is 1. The van der Waals surface area contributed by atoms with Crippen LogP contribution < -0.4 is 5.32 Å². The van der Waals surface area contributed by atoms with Crippen molar-refractivity contribution in [1.82, 2.24) is 10.3 Å². The molecule has 3 rings (SSSR count). The van der Waals surface area contributed by atoms with Crippen LogP contribution in [0.1, 0.15) is 24.0 Å². The average molecular weight is 322 g/mol. The maximum atomic E-state index is 11.7. The Bertz CT molecular complexity index is 811. The number of H-pyrrole nitrogens is 1. The fourth-order valence-corrected chi connectivity index (χ4v) is 3.03. The topological polar surface area (TPSA) is 54.1 Å². The summed E-state index contributed by atoms with van der Waals surface area (Å²) in [4.78, 5) is 15.0. The number of carbonyl (C=O) groups is 1. The lowest BCUT2D eigenvalue weighted by atomic mass is 9.90. The molecule has 2 atom stereocenters. The van der Waals surface area contributed by atoms with Crippen LogP contribution in [0.25, 0.3) is 10.9 Å². The van der Waals surface area contributed by atoms with Gasteiger partial charge in [-0.25, -0.2) is 0 Å². The van der Waals surface area contributed by atoms with E-state index in [1.54, 1.807) is 0 Å². The SMILES string of the molecule is COC(=O)[C@H](C)NC[C@@H](c1ccccc1)c1c[nH]c2ccccc12. The van der Waals surface area contributed by atoms with E-state index in [0.717, 1.165) is 5.52 Å². The number of para-hydroxylation sites is 1. The third-order valence-electron chi connectivity index (χ3n) is 4.38.